The van der Waals surface area contributed by atoms with Gasteiger partial charge in [-0.05, 0) is 73.7 Å². The summed E-state index contributed by atoms with van der Waals surface area (Å²) in [5, 5.41) is 14.0. The summed E-state index contributed by atoms with van der Waals surface area (Å²) >= 11 is 1.72. The van der Waals surface area contributed by atoms with Crippen LogP contribution in [0, 0.1) is 0 Å². The molecule has 0 bridgehead atoms. The number of rotatable bonds is 7. The molecular weight excluding hydrogens is 495 g/mol. The molecule has 1 aromatic carbocycles. The van der Waals surface area contributed by atoms with Crippen molar-refractivity contribution in [3.8, 4) is 0 Å². The Balaban J connectivity index is 0.00000420. The average Bonchev–Trinajstić information content (AvgIpc) is 3.17. The van der Waals surface area contributed by atoms with Crippen molar-refractivity contribution < 1.29 is 4.79 Å². The fourth-order valence-electron chi connectivity index (χ4n) is 2.66. The zero-order valence-electron chi connectivity index (χ0n) is 17.9. The molecule has 1 heterocycles. The number of nitrogens with one attached hydrogen (secondary N) is 3. The van der Waals surface area contributed by atoms with Gasteiger partial charge in [-0.3, -0.25) is 4.79 Å². The van der Waals surface area contributed by atoms with E-state index in [1.165, 1.54) is 5.56 Å². The Morgan fingerprint density at radius 1 is 1.21 bits per heavy atom. The van der Waals surface area contributed by atoms with Gasteiger partial charge in [0.15, 0.2) is 5.96 Å². The van der Waals surface area contributed by atoms with E-state index in [4.69, 9.17) is 0 Å². The maximum atomic E-state index is 12.4. The summed E-state index contributed by atoms with van der Waals surface area (Å²) in [6.45, 7) is 12.3. The number of thiophene rings is 1. The van der Waals surface area contributed by atoms with Gasteiger partial charge in [0.05, 0.1) is 6.54 Å². The monoisotopic (exact) mass is 528 g/mol. The van der Waals surface area contributed by atoms with Crippen molar-refractivity contribution in [2.75, 3.05) is 13.1 Å². The molecule has 0 radical (unpaired) electrons. The van der Waals surface area contributed by atoms with Crippen molar-refractivity contribution in [2.45, 2.75) is 52.6 Å². The van der Waals surface area contributed by atoms with E-state index in [0.29, 0.717) is 18.0 Å². The van der Waals surface area contributed by atoms with Crippen LogP contribution in [0.1, 0.15) is 62.0 Å². The molecule has 0 aliphatic carbocycles. The van der Waals surface area contributed by atoms with Crippen LogP contribution in [0.15, 0.2) is 46.1 Å². The molecule has 1 aromatic heterocycles. The molecule has 160 valence electrons. The third-order valence-electron chi connectivity index (χ3n) is 4.13. The van der Waals surface area contributed by atoms with Crippen LogP contribution >= 0.6 is 35.3 Å². The first-order chi connectivity index (χ1) is 13.3. The van der Waals surface area contributed by atoms with Crippen molar-refractivity contribution in [2.24, 2.45) is 4.99 Å². The number of carbonyl (C=O) groups is 1. The van der Waals surface area contributed by atoms with Gasteiger partial charge < -0.3 is 16.0 Å². The summed E-state index contributed by atoms with van der Waals surface area (Å²) in [7, 11) is 0. The fourth-order valence-corrected chi connectivity index (χ4v) is 3.44. The Morgan fingerprint density at radius 2 is 1.97 bits per heavy atom. The molecular formula is C22H33IN4OS. The van der Waals surface area contributed by atoms with E-state index in [2.05, 4.69) is 51.6 Å². The molecule has 1 amide bonds. The number of guanidine groups is 1. The van der Waals surface area contributed by atoms with Gasteiger partial charge in [0.25, 0.3) is 5.91 Å². The van der Waals surface area contributed by atoms with Crippen LogP contribution in [0.2, 0.25) is 0 Å². The molecule has 2 rings (SSSR count). The Labute approximate surface area is 195 Å². The first-order valence-corrected chi connectivity index (χ1v) is 10.7. The lowest BCUT2D eigenvalue weighted by atomic mass is 10.1. The molecule has 0 aliphatic heterocycles. The zero-order chi connectivity index (χ0) is 20.6. The van der Waals surface area contributed by atoms with Gasteiger partial charge in [0.1, 0.15) is 0 Å². The summed E-state index contributed by atoms with van der Waals surface area (Å²) in [6, 6.07) is 9.80. The number of nitrogens with zero attached hydrogens (tertiary/aromatic N) is 1. The highest BCUT2D eigenvalue weighted by molar-refractivity contribution is 14.0. The van der Waals surface area contributed by atoms with Crippen molar-refractivity contribution >= 4 is 47.2 Å². The van der Waals surface area contributed by atoms with Crippen LogP contribution in [-0.2, 0) is 6.54 Å². The van der Waals surface area contributed by atoms with Crippen LogP contribution in [0.25, 0.3) is 0 Å². The maximum absolute atomic E-state index is 12.4. The minimum absolute atomic E-state index is 0. The first kappa shape index (κ1) is 25.4. The van der Waals surface area contributed by atoms with Gasteiger partial charge >= 0.3 is 0 Å². The highest BCUT2D eigenvalue weighted by Gasteiger charge is 2.15. The average molecular weight is 529 g/mol. The predicted octanol–water partition coefficient (Wildman–Crippen LogP) is 4.75. The highest BCUT2D eigenvalue weighted by Crippen LogP contribution is 2.17. The topological polar surface area (TPSA) is 65.5 Å². The number of halogens is 1. The standard InChI is InChI=1S/C22H32N4OS.HI/c1-6-23-21(24-13-16(2)19-10-11-28-15-19)25-14-17-8-7-9-18(12-17)20(27)26-22(3,4)5;/h7-12,15-16H,6,13-14H2,1-5H3,(H,26,27)(H2,23,24,25);1H. The van der Waals surface area contributed by atoms with E-state index in [1.54, 1.807) is 11.3 Å². The van der Waals surface area contributed by atoms with Crippen molar-refractivity contribution in [3.63, 3.8) is 0 Å². The van der Waals surface area contributed by atoms with E-state index in [0.717, 1.165) is 24.6 Å². The minimum atomic E-state index is -0.257. The largest absolute Gasteiger partial charge is 0.357 e. The Bertz CT molecular complexity index is 784. The molecule has 1 unspecified atom stereocenters. The third kappa shape index (κ3) is 9.16. The maximum Gasteiger partial charge on any atom is 0.251 e. The van der Waals surface area contributed by atoms with Crippen molar-refractivity contribution in [1.82, 2.24) is 16.0 Å². The smallest absolute Gasteiger partial charge is 0.251 e. The van der Waals surface area contributed by atoms with Crippen LogP contribution in [0.5, 0.6) is 0 Å². The second-order valence-corrected chi connectivity index (χ2v) is 8.72. The molecule has 29 heavy (non-hydrogen) atoms. The molecule has 3 N–H and O–H groups in total. The molecule has 0 fully saturated rings. The molecule has 0 aliphatic rings. The summed E-state index contributed by atoms with van der Waals surface area (Å²) in [5.41, 5.74) is 2.74. The zero-order valence-corrected chi connectivity index (χ0v) is 21.1. The molecule has 1 atom stereocenters. The second-order valence-electron chi connectivity index (χ2n) is 7.94. The lowest BCUT2D eigenvalue weighted by molar-refractivity contribution is 0.0919. The van der Waals surface area contributed by atoms with Gasteiger partial charge in [-0.1, -0.05) is 19.1 Å². The third-order valence-corrected chi connectivity index (χ3v) is 4.83. The molecule has 2 aromatic rings. The van der Waals surface area contributed by atoms with Crippen LogP contribution < -0.4 is 16.0 Å². The van der Waals surface area contributed by atoms with Crippen LogP contribution in [-0.4, -0.2) is 30.5 Å². The SMILES string of the molecule is CCNC(=NCc1cccc(C(=O)NC(C)(C)C)c1)NCC(C)c1ccsc1.I. The van der Waals surface area contributed by atoms with Gasteiger partial charge in [0.2, 0.25) is 0 Å². The molecule has 7 heteroatoms. The van der Waals surface area contributed by atoms with E-state index in [9.17, 15) is 4.79 Å². The fraction of sp³-hybridized carbons (Fsp3) is 0.455. The van der Waals surface area contributed by atoms with E-state index < -0.39 is 0 Å². The quantitative estimate of drug-likeness (QED) is 0.276. The summed E-state index contributed by atoms with van der Waals surface area (Å²) in [6.07, 6.45) is 0. The minimum Gasteiger partial charge on any atom is -0.357 e. The molecule has 0 spiro atoms. The second kappa shape index (κ2) is 12.2. The van der Waals surface area contributed by atoms with Gasteiger partial charge in [-0.2, -0.15) is 11.3 Å². The molecule has 0 saturated heterocycles. The number of hydrogen-bond acceptors (Lipinski definition) is 3. The Kier molecular flexibility index (Phi) is 10.7. The van der Waals surface area contributed by atoms with E-state index in [1.807, 2.05) is 45.0 Å². The lowest BCUT2D eigenvalue weighted by Crippen LogP contribution is -2.40. The van der Waals surface area contributed by atoms with Crippen LogP contribution in [0.3, 0.4) is 0 Å². The number of amides is 1. The number of benzene rings is 1. The summed E-state index contributed by atoms with van der Waals surface area (Å²) < 4.78 is 0. The van der Waals surface area contributed by atoms with Crippen LogP contribution in [0.4, 0.5) is 0 Å². The Morgan fingerprint density at radius 3 is 2.59 bits per heavy atom. The van der Waals surface area contributed by atoms with Gasteiger partial charge in [-0.15, -0.1) is 24.0 Å². The van der Waals surface area contributed by atoms with E-state index >= 15 is 0 Å². The normalized spacial score (nSPS) is 12.7. The summed E-state index contributed by atoms with van der Waals surface area (Å²) in [5.74, 6) is 1.14. The number of aliphatic imine (C=N–C) groups is 1. The predicted molar refractivity (Wildman–Crippen MR) is 135 cm³/mol. The van der Waals surface area contributed by atoms with Gasteiger partial charge in [0, 0.05) is 24.2 Å². The van der Waals surface area contributed by atoms with Gasteiger partial charge in [-0.25, -0.2) is 4.99 Å². The lowest BCUT2D eigenvalue weighted by Gasteiger charge is -2.20. The number of carbonyl (C=O) groups excluding carboxylic acids is 1. The van der Waals surface area contributed by atoms with Crippen molar-refractivity contribution in [3.05, 3.63) is 57.8 Å². The van der Waals surface area contributed by atoms with Crippen molar-refractivity contribution in [1.29, 1.82) is 0 Å². The molecule has 0 saturated carbocycles. The van der Waals surface area contributed by atoms with E-state index in [-0.39, 0.29) is 35.4 Å². The highest BCUT2D eigenvalue weighted by atomic mass is 127. The Hall–Kier alpha value is -1.61. The number of hydrogen-bond donors (Lipinski definition) is 3. The first-order valence-electron chi connectivity index (χ1n) is 9.74. The summed E-state index contributed by atoms with van der Waals surface area (Å²) in [4.78, 5) is 17.0. The molecule has 5 nitrogen and oxygen atoms in total.